The normalized spacial score (nSPS) is 25.6. The topological polar surface area (TPSA) is 79.1 Å². The van der Waals surface area contributed by atoms with Crippen molar-refractivity contribution in [2.24, 2.45) is 4.99 Å². The molecule has 7 nitrogen and oxygen atoms in total. The van der Waals surface area contributed by atoms with Crippen LogP contribution in [-0.4, -0.2) is 71.5 Å². The van der Waals surface area contributed by atoms with Gasteiger partial charge in [0.15, 0.2) is 5.96 Å². The lowest BCUT2D eigenvalue weighted by molar-refractivity contribution is 0.0135. The van der Waals surface area contributed by atoms with E-state index in [1.165, 1.54) is 0 Å². The maximum absolute atomic E-state index is 12.3. The standard InChI is InChI=1S/C22H38N4O3S/c1-4-23-22(25-18-7-6-8-19(15-18)30(27)5-2)24-16-20(21-10-9-17(3)29-21)26-11-13-28-14-12-26/h9-10,18-20H,4-8,11-16H2,1-3H3,(H2,23,24,25). The summed E-state index contributed by atoms with van der Waals surface area (Å²) in [6.45, 7) is 10.8. The molecule has 30 heavy (non-hydrogen) atoms. The SMILES string of the molecule is CCNC(=NCC(c1ccc(C)o1)N1CCOCC1)NC1CCCC(S(=O)CC)C1. The minimum Gasteiger partial charge on any atom is -0.465 e. The third kappa shape index (κ3) is 6.56. The van der Waals surface area contributed by atoms with Crippen LogP contribution >= 0.6 is 0 Å². The van der Waals surface area contributed by atoms with Gasteiger partial charge in [-0.1, -0.05) is 13.3 Å². The van der Waals surface area contributed by atoms with Crippen molar-refractivity contribution in [3.8, 4) is 0 Å². The minimum absolute atomic E-state index is 0.102. The van der Waals surface area contributed by atoms with E-state index >= 15 is 0 Å². The van der Waals surface area contributed by atoms with Crippen molar-refractivity contribution in [1.82, 2.24) is 15.5 Å². The molecule has 1 saturated heterocycles. The molecule has 0 amide bonds. The molecule has 1 aromatic rings. The van der Waals surface area contributed by atoms with Crippen LogP contribution < -0.4 is 10.6 Å². The highest BCUT2D eigenvalue weighted by atomic mass is 32.2. The number of hydrogen-bond donors (Lipinski definition) is 2. The lowest BCUT2D eigenvalue weighted by atomic mass is 9.95. The highest BCUT2D eigenvalue weighted by Gasteiger charge is 2.27. The zero-order valence-corrected chi connectivity index (χ0v) is 19.5. The van der Waals surface area contributed by atoms with Crippen LogP contribution in [0.15, 0.2) is 21.5 Å². The third-order valence-corrected chi connectivity index (χ3v) is 7.71. The first-order valence-electron chi connectivity index (χ1n) is 11.4. The lowest BCUT2D eigenvalue weighted by Gasteiger charge is -2.33. The average molecular weight is 439 g/mol. The van der Waals surface area contributed by atoms with Crippen molar-refractivity contribution in [2.45, 2.75) is 63.8 Å². The smallest absolute Gasteiger partial charge is 0.191 e. The van der Waals surface area contributed by atoms with E-state index in [2.05, 4.69) is 28.5 Å². The van der Waals surface area contributed by atoms with Crippen LogP contribution in [0.4, 0.5) is 0 Å². The van der Waals surface area contributed by atoms with Gasteiger partial charge in [-0.2, -0.15) is 0 Å². The molecule has 4 atom stereocenters. The fourth-order valence-corrected chi connectivity index (χ4v) is 5.70. The molecule has 1 aliphatic carbocycles. The second-order valence-corrected chi connectivity index (χ2v) is 10.1. The monoisotopic (exact) mass is 438 g/mol. The van der Waals surface area contributed by atoms with Gasteiger partial charge in [-0.3, -0.25) is 14.1 Å². The molecular weight excluding hydrogens is 400 g/mol. The maximum Gasteiger partial charge on any atom is 0.191 e. The molecule has 0 radical (unpaired) electrons. The Morgan fingerprint density at radius 1 is 1.30 bits per heavy atom. The van der Waals surface area contributed by atoms with Crippen LogP contribution in [0.5, 0.6) is 0 Å². The van der Waals surface area contributed by atoms with Gasteiger partial charge in [0, 0.05) is 47.5 Å². The first-order chi connectivity index (χ1) is 14.6. The molecule has 2 N–H and O–H groups in total. The fourth-order valence-electron chi connectivity index (χ4n) is 4.35. The number of furan rings is 1. The number of ether oxygens (including phenoxy) is 1. The zero-order valence-electron chi connectivity index (χ0n) is 18.7. The van der Waals surface area contributed by atoms with Gasteiger partial charge in [0.25, 0.3) is 0 Å². The number of aryl methyl sites for hydroxylation is 1. The number of aliphatic imine (C=N–C) groups is 1. The summed E-state index contributed by atoms with van der Waals surface area (Å²) in [5, 5.41) is 7.31. The van der Waals surface area contributed by atoms with Gasteiger partial charge in [0.05, 0.1) is 25.8 Å². The molecule has 3 rings (SSSR count). The Morgan fingerprint density at radius 2 is 2.10 bits per heavy atom. The molecule has 170 valence electrons. The number of morpholine rings is 1. The molecule has 2 aliphatic rings. The van der Waals surface area contributed by atoms with Crippen molar-refractivity contribution < 1.29 is 13.4 Å². The quantitative estimate of drug-likeness (QED) is 0.480. The molecule has 0 spiro atoms. The second-order valence-electron chi connectivity index (χ2n) is 8.13. The van der Waals surface area contributed by atoms with E-state index in [0.717, 1.165) is 81.8 Å². The van der Waals surface area contributed by atoms with Crippen molar-refractivity contribution in [3.05, 3.63) is 23.7 Å². The van der Waals surface area contributed by atoms with Crippen LogP contribution in [0.2, 0.25) is 0 Å². The average Bonchev–Trinajstić information content (AvgIpc) is 3.20. The molecular formula is C22H38N4O3S. The molecule has 2 fully saturated rings. The van der Waals surface area contributed by atoms with Crippen LogP contribution in [-0.2, 0) is 15.5 Å². The van der Waals surface area contributed by atoms with Gasteiger partial charge < -0.3 is 19.8 Å². The predicted octanol–water partition coefficient (Wildman–Crippen LogP) is 2.60. The Labute approximate surface area is 183 Å². The van der Waals surface area contributed by atoms with E-state index in [-0.39, 0.29) is 6.04 Å². The Kier molecular flexibility index (Phi) is 9.21. The van der Waals surface area contributed by atoms with E-state index < -0.39 is 10.8 Å². The van der Waals surface area contributed by atoms with Crippen molar-refractivity contribution >= 4 is 16.8 Å². The summed E-state index contributed by atoms with van der Waals surface area (Å²) in [5.74, 6) is 3.47. The van der Waals surface area contributed by atoms with Gasteiger partial charge in [-0.05, 0) is 45.2 Å². The molecule has 1 aromatic heterocycles. The second kappa shape index (κ2) is 11.9. The summed E-state index contributed by atoms with van der Waals surface area (Å²) in [4.78, 5) is 7.33. The number of guanidine groups is 1. The van der Waals surface area contributed by atoms with E-state index in [1.54, 1.807) is 0 Å². The summed E-state index contributed by atoms with van der Waals surface area (Å²) in [7, 11) is -0.721. The van der Waals surface area contributed by atoms with E-state index in [1.807, 2.05) is 19.9 Å². The molecule has 0 aromatic carbocycles. The predicted molar refractivity (Wildman–Crippen MR) is 122 cm³/mol. The van der Waals surface area contributed by atoms with Gasteiger partial charge in [-0.25, -0.2) is 0 Å². The van der Waals surface area contributed by atoms with E-state index in [9.17, 15) is 4.21 Å². The number of nitrogens with zero attached hydrogens (tertiary/aromatic N) is 2. The summed E-state index contributed by atoms with van der Waals surface area (Å²) >= 11 is 0. The first-order valence-corrected chi connectivity index (χ1v) is 12.8. The highest BCUT2D eigenvalue weighted by Crippen LogP contribution is 2.25. The van der Waals surface area contributed by atoms with Crippen LogP contribution in [0.25, 0.3) is 0 Å². The molecule has 0 bridgehead atoms. The molecule has 4 unspecified atom stereocenters. The van der Waals surface area contributed by atoms with E-state index in [4.69, 9.17) is 14.1 Å². The summed E-state index contributed by atoms with van der Waals surface area (Å²) in [5.41, 5.74) is 0. The molecule has 8 heteroatoms. The number of rotatable bonds is 8. The molecule has 1 aliphatic heterocycles. The largest absolute Gasteiger partial charge is 0.465 e. The van der Waals surface area contributed by atoms with Gasteiger partial charge >= 0.3 is 0 Å². The van der Waals surface area contributed by atoms with Crippen LogP contribution in [0.3, 0.4) is 0 Å². The van der Waals surface area contributed by atoms with Gasteiger partial charge in [-0.15, -0.1) is 0 Å². The summed E-state index contributed by atoms with van der Waals surface area (Å²) in [6.07, 6.45) is 4.25. The van der Waals surface area contributed by atoms with Gasteiger partial charge in [0.1, 0.15) is 11.5 Å². The van der Waals surface area contributed by atoms with Crippen molar-refractivity contribution in [3.63, 3.8) is 0 Å². The Bertz CT molecular complexity index is 702. The summed E-state index contributed by atoms with van der Waals surface area (Å²) < 4.78 is 23.8. The van der Waals surface area contributed by atoms with Crippen LogP contribution in [0, 0.1) is 6.92 Å². The highest BCUT2D eigenvalue weighted by molar-refractivity contribution is 7.85. The maximum atomic E-state index is 12.3. The molecule has 2 heterocycles. The number of nitrogens with one attached hydrogen (secondary N) is 2. The minimum atomic E-state index is -0.721. The summed E-state index contributed by atoms with van der Waals surface area (Å²) in [6, 6.07) is 4.51. The van der Waals surface area contributed by atoms with Crippen LogP contribution in [0.1, 0.15) is 57.1 Å². The Hall–Kier alpha value is -1.38. The Morgan fingerprint density at radius 3 is 2.77 bits per heavy atom. The van der Waals surface area contributed by atoms with E-state index in [0.29, 0.717) is 17.8 Å². The fraction of sp³-hybridized carbons (Fsp3) is 0.773. The van der Waals surface area contributed by atoms with Gasteiger partial charge in [0.2, 0.25) is 0 Å². The van der Waals surface area contributed by atoms with Crippen molar-refractivity contribution in [1.29, 1.82) is 0 Å². The van der Waals surface area contributed by atoms with Crippen molar-refractivity contribution in [2.75, 3.05) is 45.1 Å². The molecule has 1 saturated carbocycles. The lowest BCUT2D eigenvalue weighted by Crippen LogP contribution is -2.47. The number of hydrogen-bond acceptors (Lipinski definition) is 5. The zero-order chi connectivity index (χ0) is 21.3. The first kappa shape index (κ1) is 23.3. The third-order valence-electron chi connectivity index (χ3n) is 5.97. The Balaban J connectivity index is 1.68.